The van der Waals surface area contributed by atoms with Gasteiger partial charge in [-0.05, 0) is 24.5 Å². The molecule has 1 aromatic heterocycles. The molecule has 1 aromatic rings. The number of hydrogen-bond donors (Lipinski definition) is 3. The van der Waals surface area contributed by atoms with Gasteiger partial charge in [0, 0.05) is 12.1 Å². The zero-order valence-corrected chi connectivity index (χ0v) is 10.8. The minimum Gasteiger partial charge on any atom is -0.480 e. The molecule has 2 amide bonds. The second kappa shape index (κ2) is 7.65. The van der Waals surface area contributed by atoms with E-state index in [1.807, 2.05) is 6.26 Å². The van der Waals surface area contributed by atoms with E-state index in [0.717, 1.165) is 5.56 Å². The van der Waals surface area contributed by atoms with Crippen molar-refractivity contribution < 1.29 is 19.1 Å². The zero-order chi connectivity index (χ0) is 13.4. The summed E-state index contributed by atoms with van der Waals surface area (Å²) in [7, 11) is 0. The third-order valence-electron chi connectivity index (χ3n) is 2.25. The number of urea groups is 1. The molecule has 0 aromatic carbocycles. The van der Waals surface area contributed by atoms with Crippen LogP contribution in [0.25, 0.3) is 0 Å². The van der Waals surface area contributed by atoms with Gasteiger partial charge in [0.15, 0.2) is 0 Å². The van der Waals surface area contributed by atoms with Crippen LogP contribution in [0.5, 0.6) is 0 Å². The molecule has 0 radical (unpaired) electrons. The van der Waals surface area contributed by atoms with Crippen LogP contribution < -0.4 is 10.6 Å². The number of carbonyl (C=O) groups is 2. The SMILES string of the molecule is CSCCC(NC(=O)NCc1ccoc1)C(=O)O. The largest absolute Gasteiger partial charge is 0.480 e. The summed E-state index contributed by atoms with van der Waals surface area (Å²) in [5.41, 5.74) is 0.820. The summed E-state index contributed by atoms with van der Waals surface area (Å²) >= 11 is 1.54. The first kappa shape index (κ1) is 14.4. The lowest BCUT2D eigenvalue weighted by atomic mass is 10.2. The predicted octanol–water partition coefficient (Wildman–Crippen LogP) is 1.29. The van der Waals surface area contributed by atoms with Crippen molar-refractivity contribution in [3.05, 3.63) is 24.2 Å². The van der Waals surface area contributed by atoms with E-state index in [1.165, 1.54) is 24.3 Å². The van der Waals surface area contributed by atoms with E-state index >= 15 is 0 Å². The molecule has 0 aliphatic heterocycles. The molecule has 1 atom stereocenters. The van der Waals surface area contributed by atoms with Gasteiger partial charge in [0.05, 0.1) is 12.5 Å². The maximum Gasteiger partial charge on any atom is 0.326 e. The monoisotopic (exact) mass is 272 g/mol. The number of amides is 2. The normalized spacial score (nSPS) is 11.8. The molecule has 0 spiro atoms. The molecule has 0 aliphatic carbocycles. The zero-order valence-electron chi connectivity index (χ0n) is 10.0. The molecule has 7 heteroatoms. The van der Waals surface area contributed by atoms with Gasteiger partial charge in [0.2, 0.25) is 0 Å². The van der Waals surface area contributed by atoms with E-state index < -0.39 is 18.0 Å². The Balaban J connectivity index is 2.34. The number of nitrogens with one attached hydrogen (secondary N) is 2. The topological polar surface area (TPSA) is 91.6 Å². The number of carboxylic acid groups (broad SMARTS) is 1. The van der Waals surface area contributed by atoms with Gasteiger partial charge in [-0.1, -0.05) is 0 Å². The van der Waals surface area contributed by atoms with Crippen molar-refractivity contribution in [1.29, 1.82) is 0 Å². The Hall–Kier alpha value is -1.63. The van der Waals surface area contributed by atoms with Crippen LogP contribution in [-0.2, 0) is 11.3 Å². The number of carboxylic acids is 1. The summed E-state index contributed by atoms with van der Waals surface area (Å²) in [4.78, 5) is 22.4. The summed E-state index contributed by atoms with van der Waals surface area (Å²) in [5.74, 6) is -0.346. The minimum absolute atomic E-state index is 0.303. The molecule has 1 heterocycles. The Morgan fingerprint density at radius 3 is 2.89 bits per heavy atom. The fourth-order valence-electron chi connectivity index (χ4n) is 1.28. The second-order valence-electron chi connectivity index (χ2n) is 3.63. The van der Waals surface area contributed by atoms with Crippen molar-refractivity contribution in [3.63, 3.8) is 0 Å². The van der Waals surface area contributed by atoms with E-state index in [0.29, 0.717) is 18.7 Å². The molecule has 0 saturated heterocycles. The average molecular weight is 272 g/mol. The van der Waals surface area contributed by atoms with Crippen molar-refractivity contribution in [2.24, 2.45) is 0 Å². The number of hydrogen-bond acceptors (Lipinski definition) is 4. The third kappa shape index (κ3) is 5.13. The fourth-order valence-corrected chi connectivity index (χ4v) is 1.75. The number of rotatable bonds is 7. The number of thioether (sulfide) groups is 1. The number of furan rings is 1. The molecule has 18 heavy (non-hydrogen) atoms. The van der Waals surface area contributed by atoms with Gasteiger partial charge in [-0.25, -0.2) is 9.59 Å². The van der Waals surface area contributed by atoms with E-state index in [4.69, 9.17) is 9.52 Å². The summed E-state index contributed by atoms with van der Waals surface area (Å²) in [6.45, 7) is 0.303. The van der Waals surface area contributed by atoms with Crippen molar-refractivity contribution in [1.82, 2.24) is 10.6 Å². The maximum absolute atomic E-state index is 11.5. The van der Waals surface area contributed by atoms with Gasteiger partial charge < -0.3 is 20.2 Å². The smallest absolute Gasteiger partial charge is 0.326 e. The highest BCUT2D eigenvalue weighted by atomic mass is 32.2. The number of carbonyl (C=O) groups excluding carboxylic acids is 1. The van der Waals surface area contributed by atoms with Crippen LogP contribution in [-0.4, -0.2) is 35.2 Å². The molecule has 0 fully saturated rings. The quantitative estimate of drug-likeness (QED) is 0.695. The van der Waals surface area contributed by atoms with Crippen LogP contribution in [0.15, 0.2) is 23.0 Å². The van der Waals surface area contributed by atoms with Crippen LogP contribution in [0.4, 0.5) is 4.79 Å². The third-order valence-corrected chi connectivity index (χ3v) is 2.89. The van der Waals surface area contributed by atoms with Crippen LogP contribution in [0.3, 0.4) is 0 Å². The van der Waals surface area contributed by atoms with Gasteiger partial charge >= 0.3 is 12.0 Å². The van der Waals surface area contributed by atoms with Crippen LogP contribution in [0.2, 0.25) is 0 Å². The first-order chi connectivity index (χ1) is 8.63. The lowest BCUT2D eigenvalue weighted by molar-refractivity contribution is -0.139. The van der Waals surface area contributed by atoms with Gasteiger partial charge in [0.25, 0.3) is 0 Å². The second-order valence-corrected chi connectivity index (χ2v) is 4.62. The molecule has 0 bridgehead atoms. The summed E-state index contributed by atoms with van der Waals surface area (Å²) < 4.78 is 4.85. The van der Waals surface area contributed by atoms with E-state index in [1.54, 1.807) is 6.07 Å². The Kier molecular flexibility index (Phi) is 6.13. The summed E-state index contributed by atoms with van der Waals surface area (Å²) in [6.07, 6.45) is 5.31. The molecular formula is C11H16N2O4S. The summed E-state index contributed by atoms with van der Waals surface area (Å²) in [6, 6.07) is 0.370. The van der Waals surface area contributed by atoms with Gasteiger partial charge in [0.1, 0.15) is 6.04 Å². The van der Waals surface area contributed by atoms with Gasteiger partial charge in [-0.3, -0.25) is 0 Å². The Morgan fingerprint density at radius 1 is 1.56 bits per heavy atom. The van der Waals surface area contributed by atoms with Crippen molar-refractivity contribution in [2.45, 2.75) is 19.0 Å². The average Bonchev–Trinajstić information content (AvgIpc) is 2.84. The number of aliphatic carboxylic acids is 1. The maximum atomic E-state index is 11.5. The highest BCUT2D eigenvalue weighted by Crippen LogP contribution is 2.01. The minimum atomic E-state index is -1.03. The van der Waals surface area contributed by atoms with Crippen LogP contribution >= 0.6 is 11.8 Å². The first-order valence-electron chi connectivity index (χ1n) is 5.40. The Morgan fingerprint density at radius 2 is 2.33 bits per heavy atom. The van der Waals surface area contributed by atoms with Crippen molar-refractivity contribution in [2.75, 3.05) is 12.0 Å². The molecule has 1 unspecified atom stereocenters. The Labute approximate surface area is 109 Å². The van der Waals surface area contributed by atoms with E-state index in [-0.39, 0.29) is 0 Å². The van der Waals surface area contributed by atoms with Crippen molar-refractivity contribution >= 4 is 23.8 Å². The van der Waals surface area contributed by atoms with E-state index in [9.17, 15) is 9.59 Å². The van der Waals surface area contributed by atoms with Gasteiger partial charge in [-0.2, -0.15) is 11.8 Å². The standard InChI is InChI=1S/C11H16N2O4S/c1-18-5-3-9(10(14)15)13-11(16)12-6-8-2-4-17-7-8/h2,4,7,9H,3,5-6H2,1H3,(H,14,15)(H2,12,13,16). The molecular weight excluding hydrogens is 256 g/mol. The summed E-state index contributed by atoms with van der Waals surface area (Å²) in [5, 5.41) is 13.9. The lowest BCUT2D eigenvalue weighted by Gasteiger charge is -2.14. The molecule has 0 saturated carbocycles. The molecule has 6 nitrogen and oxygen atoms in total. The lowest BCUT2D eigenvalue weighted by Crippen LogP contribution is -2.46. The molecule has 1 rings (SSSR count). The molecule has 0 aliphatic rings. The highest BCUT2D eigenvalue weighted by Gasteiger charge is 2.18. The van der Waals surface area contributed by atoms with Crippen molar-refractivity contribution in [3.8, 4) is 0 Å². The first-order valence-corrected chi connectivity index (χ1v) is 6.80. The molecule has 3 N–H and O–H groups in total. The molecule has 100 valence electrons. The predicted molar refractivity (Wildman–Crippen MR) is 68.5 cm³/mol. The highest BCUT2D eigenvalue weighted by molar-refractivity contribution is 7.98. The van der Waals surface area contributed by atoms with Gasteiger partial charge in [-0.15, -0.1) is 0 Å². The fraction of sp³-hybridized carbons (Fsp3) is 0.455. The van der Waals surface area contributed by atoms with Crippen LogP contribution in [0, 0.1) is 0 Å². The van der Waals surface area contributed by atoms with Crippen LogP contribution in [0.1, 0.15) is 12.0 Å². The Bertz CT molecular complexity index is 380. The van der Waals surface area contributed by atoms with E-state index in [2.05, 4.69) is 10.6 Å².